The van der Waals surface area contributed by atoms with Crippen LogP contribution in [0.25, 0.3) is 5.65 Å². The van der Waals surface area contributed by atoms with E-state index in [1.54, 1.807) is 0 Å². The molecule has 0 bridgehead atoms. The number of fused-ring (bicyclic) bond motifs is 1. The van der Waals surface area contributed by atoms with E-state index >= 15 is 0 Å². The second kappa shape index (κ2) is 2.42. The summed E-state index contributed by atoms with van der Waals surface area (Å²) in [5.74, 6) is 0.668. The van der Waals surface area contributed by atoms with Crippen LogP contribution in [0.15, 0.2) is 18.3 Å². The van der Waals surface area contributed by atoms with E-state index in [0.29, 0.717) is 5.92 Å². The SMILES string of the molecule is S=c1cc(C2CC2)nc2cc[nH]n12. The Morgan fingerprint density at radius 3 is 3.15 bits per heavy atom. The van der Waals surface area contributed by atoms with Crippen LogP contribution in [-0.4, -0.2) is 14.6 Å². The van der Waals surface area contributed by atoms with Crippen LogP contribution in [0, 0.1) is 4.64 Å². The quantitative estimate of drug-likeness (QED) is 0.701. The van der Waals surface area contributed by atoms with Gasteiger partial charge in [0.2, 0.25) is 0 Å². The molecule has 0 aliphatic heterocycles. The molecule has 2 heterocycles. The van der Waals surface area contributed by atoms with Crippen molar-refractivity contribution in [3.63, 3.8) is 0 Å². The van der Waals surface area contributed by atoms with Crippen molar-refractivity contribution < 1.29 is 0 Å². The highest BCUT2D eigenvalue weighted by Gasteiger charge is 2.25. The van der Waals surface area contributed by atoms with Gasteiger partial charge in [-0.15, -0.1) is 0 Å². The topological polar surface area (TPSA) is 33.1 Å². The third-order valence-corrected chi connectivity index (χ3v) is 2.70. The molecule has 1 aliphatic carbocycles. The van der Waals surface area contributed by atoms with Crippen molar-refractivity contribution in [3.8, 4) is 0 Å². The second-order valence-corrected chi connectivity index (χ2v) is 3.87. The molecule has 0 saturated heterocycles. The molecule has 3 rings (SSSR count). The molecule has 0 spiro atoms. The van der Waals surface area contributed by atoms with Crippen LogP contribution in [0.4, 0.5) is 0 Å². The maximum Gasteiger partial charge on any atom is 0.154 e. The van der Waals surface area contributed by atoms with Crippen molar-refractivity contribution in [1.82, 2.24) is 14.6 Å². The van der Waals surface area contributed by atoms with Crippen LogP contribution in [-0.2, 0) is 0 Å². The van der Waals surface area contributed by atoms with Crippen molar-refractivity contribution in [1.29, 1.82) is 0 Å². The Labute approximate surface area is 80.4 Å². The van der Waals surface area contributed by atoms with Gasteiger partial charge in [0, 0.05) is 23.9 Å². The highest BCUT2D eigenvalue weighted by atomic mass is 32.1. The normalized spacial score (nSPS) is 16.6. The summed E-state index contributed by atoms with van der Waals surface area (Å²) < 4.78 is 2.64. The Kier molecular flexibility index (Phi) is 1.35. The molecule has 0 amide bonds. The summed E-state index contributed by atoms with van der Waals surface area (Å²) in [6.45, 7) is 0. The van der Waals surface area contributed by atoms with Crippen molar-refractivity contribution in [2.45, 2.75) is 18.8 Å². The summed E-state index contributed by atoms with van der Waals surface area (Å²) >= 11 is 5.23. The van der Waals surface area contributed by atoms with E-state index in [1.165, 1.54) is 12.8 Å². The molecule has 2 aromatic rings. The minimum absolute atomic E-state index is 0.668. The molecule has 0 aromatic carbocycles. The fourth-order valence-electron chi connectivity index (χ4n) is 1.53. The van der Waals surface area contributed by atoms with Gasteiger partial charge in [-0.2, -0.15) is 0 Å². The predicted molar refractivity (Wildman–Crippen MR) is 52.4 cm³/mol. The summed E-state index contributed by atoms with van der Waals surface area (Å²) in [7, 11) is 0. The fourth-order valence-corrected chi connectivity index (χ4v) is 1.80. The number of hydrogen-bond acceptors (Lipinski definition) is 2. The largest absolute Gasteiger partial charge is 0.299 e. The van der Waals surface area contributed by atoms with Gasteiger partial charge in [-0.1, -0.05) is 12.2 Å². The maximum absolute atomic E-state index is 5.23. The van der Waals surface area contributed by atoms with Crippen LogP contribution in [0.5, 0.6) is 0 Å². The monoisotopic (exact) mass is 191 g/mol. The summed E-state index contributed by atoms with van der Waals surface area (Å²) in [5.41, 5.74) is 2.08. The van der Waals surface area contributed by atoms with Gasteiger partial charge in [0.25, 0.3) is 0 Å². The van der Waals surface area contributed by atoms with Crippen LogP contribution in [0.2, 0.25) is 0 Å². The first-order valence-electron chi connectivity index (χ1n) is 4.42. The number of aromatic nitrogens is 3. The molecule has 1 aliphatic rings. The Morgan fingerprint density at radius 1 is 1.54 bits per heavy atom. The number of nitrogens with zero attached hydrogens (tertiary/aromatic N) is 2. The lowest BCUT2D eigenvalue weighted by Crippen LogP contribution is -1.95. The summed E-state index contributed by atoms with van der Waals surface area (Å²) in [6.07, 6.45) is 4.39. The molecule has 1 fully saturated rings. The van der Waals surface area contributed by atoms with Crippen LogP contribution < -0.4 is 0 Å². The van der Waals surface area contributed by atoms with Gasteiger partial charge in [-0.05, 0) is 18.9 Å². The van der Waals surface area contributed by atoms with E-state index in [-0.39, 0.29) is 0 Å². The Balaban J connectivity index is 2.33. The lowest BCUT2D eigenvalue weighted by atomic mass is 10.3. The van der Waals surface area contributed by atoms with Crippen LogP contribution in [0.3, 0.4) is 0 Å². The van der Waals surface area contributed by atoms with Crippen LogP contribution in [0.1, 0.15) is 24.5 Å². The predicted octanol–water partition coefficient (Wildman–Crippen LogP) is 2.27. The summed E-state index contributed by atoms with van der Waals surface area (Å²) in [6, 6.07) is 3.94. The number of hydrogen-bond donors (Lipinski definition) is 1. The van der Waals surface area contributed by atoms with Crippen molar-refractivity contribution in [2.24, 2.45) is 0 Å². The van der Waals surface area contributed by atoms with Gasteiger partial charge in [0.15, 0.2) is 5.65 Å². The maximum atomic E-state index is 5.23. The molecule has 0 radical (unpaired) electrons. The van der Waals surface area contributed by atoms with Gasteiger partial charge in [-0.25, -0.2) is 9.50 Å². The van der Waals surface area contributed by atoms with Crippen molar-refractivity contribution in [2.75, 3.05) is 0 Å². The Hall–Kier alpha value is -1.16. The van der Waals surface area contributed by atoms with E-state index in [4.69, 9.17) is 12.2 Å². The Bertz CT molecular complexity index is 507. The van der Waals surface area contributed by atoms with Crippen molar-refractivity contribution in [3.05, 3.63) is 28.7 Å². The zero-order chi connectivity index (χ0) is 8.84. The Morgan fingerprint density at radius 2 is 2.38 bits per heavy atom. The third kappa shape index (κ3) is 1.09. The average molecular weight is 191 g/mol. The van der Waals surface area contributed by atoms with E-state index in [2.05, 4.69) is 10.1 Å². The molecular weight excluding hydrogens is 182 g/mol. The molecule has 4 heteroatoms. The molecule has 66 valence electrons. The molecule has 1 N–H and O–H groups in total. The highest BCUT2D eigenvalue weighted by Crippen LogP contribution is 2.38. The van der Waals surface area contributed by atoms with Gasteiger partial charge < -0.3 is 0 Å². The first-order valence-corrected chi connectivity index (χ1v) is 4.82. The molecule has 13 heavy (non-hydrogen) atoms. The zero-order valence-electron chi connectivity index (χ0n) is 7.03. The van der Waals surface area contributed by atoms with E-state index < -0.39 is 0 Å². The smallest absolute Gasteiger partial charge is 0.154 e. The van der Waals surface area contributed by atoms with E-state index in [0.717, 1.165) is 16.0 Å². The van der Waals surface area contributed by atoms with Gasteiger partial charge in [-0.3, -0.25) is 5.10 Å². The first-order chi connectivity index (χ1) is 6.34. The standard InChI is InChI=1S/C9H9N3S/c13-9-5-7(6-1-2-6)11-8-3-4-10-12(8)9/h3-6,10H,1-2H2. The number of nitrogens with one attached hydrogen (secondary N) is 1. The average Bonchev–Trinajstić information content (AvgIpc) is 2.85. The minimum Gasteiger partial charge on any atom is -0.299 e. The second-order valence-electron chi connectivity index (χ2n) is 3.45. The minimum atomic E-state index is 0.668. The lowest BCUT2D eigenvalue weighted by Gasteiger charge is -1.98. The van der Waals surface area contributed by atoms with Gasteiger partial charge in [0.05, 0.1) is 0 Å². The first kappa shape index (κ1) is 7.26. The van der Waals surface area contributed by atoms with E-state index in [1.807, 2.05) is 22.8 Å². The number of rotatable bonds is 1. The molecule has 1 saturated carbocycles. The molecule has 0 atom stereocenters. The molecular formula is C9H9N3S. The van der Waals surface area contributed by atoms with Gasteiger partial charge in [0.1, 0.15) is 4.64 Å². The number of H-pyrrole nitrogens is 1. The fraction of sp³-hybridized carbons (Fsp3) is 0.333. The lowest BCUT2D eigenvalue weighted by molar-refractivity contribution is 0.895. The number of aromatic amines is 1. The van der Waals surface area contributed by atoms with Crippen LogP contribution >= 0.6 is 12.2 Å². The van der Waals surface area contributed by atoms with Gasteiger partial charge >= 0.3 is 0 Å². The van der Waals surface area contributed by atoms with Crippen molar-refractivity contribution >= 4 is 17.9 Å². The summed E-state index contributed by atoms with van der Waals surface area (Å²) in [4.78, 5) is 4.52. The summed E-state index contributed by atoms with van der Waals surface area (Å²) in [5, 5.41) is 3.02. The zero-order valence-corrected chi connectivity index (χ0v) is 7.84. The van der Waals surface area contributed by atoms with E-state index in [9.17, 15) is 0 Å². The molecule has 0 unspecified atom stereocenters. The third-order valence-electron chi connectivity index (χ3n) is 2.40. The molecule has 3 nitrogen and oxygen atoms in total. The highest BCUT2D eigenvalue weighted by molar-refractivity contribution is 7.71. The molecule has 2 aromatic heterocycles.